The fourth-order valence-corrected chi connectivity index (χ4v) is 3.28. The molecule has 0 unspecified atom stereocenters. The van der Waals surface area contributed by atoms with E-state index in [9.17, 15) is 9.59 Å². The number of carboxylic acids is 1. The van der Waals surface area contributed by atoms with Crippen molar-refractivity contribution in [3.05, 3.63) is 53.5 Å². The number of ether oxygens (including phenoxy) is 1. The maximum absolute atomic E-state index is 11.9. The van der Waals surface area contributed by atoms with Gasteiger partial charge in [-0.05, 0) is 36.8 Å². The lowest BCUT2D eigenvalue weighted by Crippen LogP contribution is -2.35. The zero-order valence-electron chi connectivity index (χ0n) is 14.6. The van der Waals surface area contributed by atoms with Gasteiger partial charge in [-0.3, -0.25) is 0 Å². The number of rotatable bonds is 5. The van der Waals surface area contributed by atoms with Crippen molar-refractivity contribution in [3.8, 4) is 0 Å². The van der Waals surface area contributed by atoms with Crippen LogP contribution < -0.4 is 4.90 Å². The number of carbonyl (C=O) groups is 2. The Balaban J connectivity index is 1.61. The highest BCUT2D eigenvalue weighted by atomic mass is 16.5. The lowest BCUT2D eigenvalue weighted by atomic mass is 9.88. The Morgan fingerprint density at radius 3 is 2.54 bits per heavy atom. The third-order valence-corrected chi connectivity index (χ3v) is 4.73. The van der Waals surface area contributed by atoms with E-state index in [2.05, 4.69) is 14.9 Å². The number of nitrogens with zero attached hydrogens (tertiary/aromatic N) is 3. The highest BCUT2D eigenvalue weighted by Gasteiger charge is 2.22. The van der Waals surface area contributed by atoms with Crippen molar-refractivity contribution < 1.29 is 19.4 Å². The molecular formula is C19H21N3O4. The van der Waals surface area contributed by atoms with Crippen molar-refractivity contribution in [2.75, 3.05) is 25.1 Å². The van der Waals surface area contributed by atoms with Crippen LogP contribution >= 0.6 is 0 Å². The lowest BCUT2D eigenvalue weighted by Gasteiger charge is -2.32. The summed E-state index contributed by atoms with van der Waals surface area (Å²) in [5.41, 5.74) is 1.60. The normalized spacial score (nSPS) is 14.9. The molecule has 1 aromatic heterocycles. The Hall–Kier alpha value is -2.96. The summed E-state index contributed by atoms with van der Waals surface area (Å²) < 4.78 is 4.86. The molecule has 136 valence electrons. The van der Waals surface area contributed by atoms with Gasteiger partial charge in [0.05, 0.1) is 25.1 Å². The van der Waals surface area contributed by atoms with Gasteiger partial charge in [-0.1, -0.05) is 18.2 Å². The Morgan fingerprint density at radius 1 is 1.19 bits per heavy atom. The van der Waals surface area contributed by atoms with Gasteiger partial charge in [-0.2, -0.15) is 0 Å². The second-order valence-electron chi connectivity index (χ2n) is 6.35. The third kappa shape index (κ3) is 3.99. The van der Waals surface area contributed by atoms with Crippen LogP contribution in [0.2, 0.25) is 0 Å². The molecule has 26 heavy (non-hydrogen) atoms. The number of carboxylic acid groups (broad SMARTS) is 1. The van der Waals surface area contributed by atoms with E-state index in [0.29, 0.717) is 17.3 Å². The summed E-state index contributed by atoms with van der Waals surface area (Å²) in [6, 6.07) is 7.57. The third-order valence-electron chi connectivity index (χ3n) is 4.73. The Labute approximate surface area is 151 Å². The summed E-state index contributed by atoms with van der Waals surface area (Å²) in [7, 11) is 1.40. The van der Waals surface area contributed by atoms with Gasteiger partial charge in [0.1, 0.15) is 5.82 Å². The molecule has 0 aliphatic carbocycles. The van der Waals surface area contributed by atoms with Gasteiger partial charge in [0.15, 0.2) is 5.69 Å². The fourth-order valence-electron chi connectivity index (χ4n) is 3.28. The number of methoxy groups -OCH3 is 1. The van der Waals surface area contributed by atoms with Crippen molar-refractivity contribution in [1.82, 2.24) is 9.97 Å². The van der Waals surface area contributed by atoms with Gasteiger partial charge in [0.25, 0.3) is 0 Å². The van der Waals surface area contributed by atoms with E-state index >= 15 is 0 Å². The van der Waals surface area contributed by atoms with Crippen molar-refractivity contribution in [3.63, 3.8) is 0 Å². The maximum atomic E-state index is 11.9. The van der Waals surface area contributed by atoms with E-state index in [1.807, 2.05) is 18.2 Å². The predicted octanol–water partition coefficient (Wildman–Crippen LogP) is 2.42. The highest BCUT2D eigenvalue weighted by molar-refractivity contribution is 5.91. The van der Waals surface area contributed by atoms with E-state index in [1.54, 1.807) is 6.07 Å². The van der Waals surface area contributed by atoms with Crippen LogP contribution in [0.5, 0.6) is 0 Å². The van der Waals surface area contributed by atoms with Crippen LogP contribution in [0.3, 0.4) is 0 Å². The summed E-state index contributed by atoms with van der Waals surface area (Å²) >= 11 is 0. The molecule has 0 bridgehead atoms. The molecule has 1 aliphatic heterocycles. The summed E-state index contributed by atoms with van der Waals surface area (Å²) in [4.78, 5) is 33.0. The molecule has 1 aromatic carbocycles. The Bertz CT molecular complexity index is 784. The number of hydrogen-bond donors (Lipinski definition) is 1. The van der Waals surface area contributed by atoms with Crippen molar-refractivity contribution in [2.45, 2.75) is 19.3 Å². The number of benzene rings is 1. The first-order chi connectivity index (χ1) is 12.6. The van der Waals surface area contributed by atoms with Crippen LogP contribution in [0, 0.1) is 5.92 Å². The lowest BCUT2D eigenvalue weighted by molar-refractivity contribution is 0.0598. The molecule has 3 rings (SSSR count). The van der Waals surface area contributed by atoms with Gasteiger partial charge in [-0.25, -0.2) is 19.6 Å². The molecule has 0 atom stereocenters. The molecule has 0 saturated carbocycles. The van der Waals surface area contributed by atoms with Crippen LogP contribution in [-0.4, -0.2) is 47.2 Å². The van der Waals surface area contributed by atoms with Crippen LogP contribution in [0.1, 0.15) is 39.3 Å². The smallest absolute Gasteiger partial charge is 0.356 e. The molecular weight excluding hydrogens is 334 g/mol. The van der Waals surface area contributed by atoms with Crippen LogP contribution in [0.25, 0.3) is 0 Å². The second-order valence-corrected chi connectivity index (χ2v) is 6.35. The summed E-state index contributed by atoms with van der Waals surface area (Å²) in [5.74, 6) is -0.203. The standard InChI is InChI=1S/C19H21N3O4/c1-26-19(25)15-5-3-2-4-14(15)10-13-6-8-22(9-7-13)17-12-20-16(11-21-17)18(23)24/h2-5,11-13H,6-10H2,1H3,(H,23,24). The summed E-state index contributed by atoms with van der Waals surface area (Å²) in [6.45, 7) is 1.65. The molecule has 1 N–H and O–H groups in total. The first-order valence-corrected chi connectivity index (χ1v) is 8.55. The zero-order valence-corrected chi connectivity index (χ0v) is 14.6. The largest absolute Gasteiger partial charge is 0.476 e. The number of anilines is 1. The van der Waals surface area contributed by atoms with Crippen molar-refractivity contribution in [1.29, 1.82) is 0 Å². The maximum Gasteiger partial charge on any atom is 0.356 e. The van der Waals surface area contributed by atoms with E-state index < -0.39 is 5.97 Å². The number of piperidine rings is 1. The van der Waals surface area contributed by atoms with Crippen LogP contribution in [0.15, 0.2) is 36.7 Å². The minimum atomic E-state index is -1.08. The van der Waals surface area contributed by atoms with E-state index in [0.717, 1.165) is 37.9 Å². The highest BCUT2D eigenvalue weighted by Crippen LogP contribution is 2.26. The molecule has 0 amide bonds. The van der Waals surface area contributed by atoms with E-state index in [4.69, 9.17) is 9.84 Å². The van der Waals surface area contributed by atoms with Crippen LogP contribution in [0.4, 0.5) is 5.82 Å². The Morgan fingerprint density at radius 2 is 1.92 bits per heavy atom. The van der Waals surface area contributed by atoms with E-state index in [1.165, 1.54) is 19.5 Å². The quantitative estimate of drug-likeness (QED) is 0.823. The molecule has 7 nitrogen and oxygen atoms in total. The predicted molar refractivity (Wildman–Crippen MR) is 95.4 cm³/mol. The van der Waals surface area contributed by atoms with E-state index in [-0.39, 0.29) is 11.7 Å². The van der Waals surface area contributed by atoms with Gasteiger partial charge < -0.3 is 14.7 Å². The summed E-state index contributed by atoms with van der Waals surface area (Å²) in [5, 5.41) is 8.89. The number of aromatic carboxylic acids is 1. The first-order valence-electron chi connectivity index (χ1n) is 8.55. The topological polar surface area (TPSA) is 92.6 Å². The summed E-state index contributed by atoms with van der Waals surface area (Å²) in [6.07, 6.45) is 5.57. The van der Waals surface area contributed by atoms with Crippen LogP contribution in [-0.2, 0) is 11.2 Å². The molecule has 0 radical (unpaired) electrons. The van der Waals surface area contributed by atoms with Crippen molar-refractivity contribution >= 4 is 17.8 Å². The molecule has 0 spiro atoms. The van der Waals surface area contributed by atoms with Gasteiger partial charge in [0, 0.05) is 13.1 Å². The molecule has 1 saturated heterocycles. The average Bonchev–Trinajstić information content (AvgIpc) is 2.68. The van der Waals surface area contributed by atoms with Gasteiger partial charge >= 0.3 is 11.9 Å². The van der Waals surface area contributed by atoms with Gasteiger partial charge in [0.2, 0.25) is 0 Å². The van der Waals surface area contributed by atoms with Gasteiger partial charge in [-0.15, -0.1) is 0 Å². The molecule has 7 heteroatoms. The molecule has 2 heterocycles. The van der Waals surface area contributed by atoms with Crippen molar-refractivity contribution in [2.24, 2.45) is 5.92 Å². The molecule has 1 aliphatic rings. The molecule has 2 aromatic rings. The Kier molecular flexibility index (Phi) is 5.46. The number of hydrogen-bond acceptors (Lipinski definition) is 6. The molecule has 1 fully saturated rings. The zero-order chi connectivity index (χ0) is 18.5. The number of esters is 1. The SMILES string of the molecule is COC(=O)c1ccccc1CC1CCN(c2cnc(C(=O)O)cn2)CC1. The minimum Gasteiger partial charge on any atom is -0.476 e. The monoisotopic (exact) mass is 355 g/mol. The first kappa shape index (κ1) is 17.8. The minimum absolute atomic E-state index is 0.0527. The average molecular weight is 355 g/mol. The number of aromatic nitrogens is 2. The number of carbonyl (C=O) groups excluding carboxylic acids is 1. The fraction of sp³-hybridized carbons (Fsp3) is 0.368. The second kappa shape index (κ2) is 7.95.